The number of alkyl halides is 2. The number of aromatic nitrogens is 2. The number of pyridine rings is 1. The molecular weight excluding hydrogens is 474 g/mol. The van der Waals surface area contributed by atoms with Crippen molar-refractivity contribution in [3.8, 4) is 11.5 Å². The number of aliphatic hydroxyl groups excluding tert-OH is 1. The lowest BCUT2D eigenvalue weighted by atomic mass is 10.2. The zero-order chi connectivity index (χ0) is 22.2. The molecule has 31 heavy (non-hydrogen) atoms. The predicted octanol–water partition coefficient (Wildman–Crippen LogP) is 4.43. The fourth-order valence-corrected chi connectivity index (χ4v) is 3.76. The van der Waals surface area contributed by atoms with E-state index >= 15 is 0 Å². The van der Waals surface area contributed by atoms with E-state index in [4.69, 9.17) is 4.42 Å². The summed E-state index contributed by atoms with van der Waals surface area (Å²) in [6, 6.07) is 10.1. The molecule has 1 aromatic carbocycles. The molecule has 3 heterocycles. The monoisotopic (exact) mass is 492 g/mol. The van der Waals surface area contributed by atoms with Crippen LogP contribution in [0.1, 0.15) is 29.6 Å². The zero-order valence-electron chi connectivity index (χ0n) is 16.5. The summed E-state index contributed by atoms with van der Waals surface area (Å²) in [5, 5.41) is 12.2. The number of oxazole rings is 1. The molecule has 1 aliphatic rings. The number of amides is 1. The Hall–Kier alpha value is -2.85. The topological polar surface area (TPSA) is 91.5 Å². The van der Waals surface area contributed by atoms with Crippen LogP contribution in [-0.2, 0) is 5.92 Å². The first-order valence-corrected chi connectivity index (χ1v) is 10.4. The number of anilines is 2. The molecular formula is C21H19BrF2N4O3. The summed E-state index contributed by atoms with van der Waals surface area (Å²) in [4.78, 5) is 23.0. The number of β-amino-alcohol motifs (C(OH)–C–C–N with tert-alkyl or cyclic N) is 1. The van der Waals surface area contributed by atoms with Crippen molar-refractivity contribution in [2.75, 3.05) is 23.3 Å². The first kappa shape index (κ1) is 21.4. The number of nitrogens with zero attached hydrogens (tertiary/aromatic N) is 3. The van der Waals surface area contributed by atoms with E-state index < -0.39 is 23.3 Å². The number of hydrogen-bond acceptors (Lipinski definition) is 6. The molecule has 1 amide bonds. The standard InChI is InChI=1S/C21H19BrF2N4O3/c1-21(23,24)18-17(27-20(31-18)14-4-2-3-5-15(14)22)19(30)26-12-6-7-16(25-10-12)28-9-8-13(29)11-28/h2-7,10,13,29H,8-9,11H2,1H3,(H,26,30)/t13-/m0/s1. The number of carbonyl (C=O) groups excluding carboxylic acids is 1. The third-order valence-electron chi connectivity index (χ3n) is 4.84. The lowest BCUT2D eigenvalue weighted by molar-refractivity contribution is -0.00562. The molecule has 7 nitrogen and oxygen atoms in total. The third-order valence-corrected chi connectivity index (χ3v) is 5.53. The predicted molar refractivity (Wildman–Crippen MR) is 114 cm³/mol. The Morgan fingerprint density at radius 1 is 1.32 bits per heavy atom. The van der Waals surface area contributed by atoms with Crippen molar-refractivity contribution >= 4 is 33.3 Å². The van der Waals surface area contributed by atoms with Crippen molar-refractivity contribution in [1.29, 1.82) is 0 Å². The maximum Gasteiger partial charge on any atom is 0.304 e. The van der Waals surface area contributed by atoms with Gasteiger partial charge in [-0.2, -0.15) is 8.78 Å². The summed E-state index contributed by atoms with van der Waals surface area (Å²) in [7, 11) is 0. The SMILES string of the molecule is CC(F)(F)c1oc(-c2ccccc2Br)nc1C(=O)Nc1ccc(N2CC[C@H](O)C2)nc1. The zero-order valence-corrected chi connectivity index (χ0v) is 18.1. The minimum Gasteiger partial charge on any atom is -0.434 e. The second-order valence-corrected chi connectivity index (χ2v) is 8.17. The minimum atomic E-state index is -3.40. The largest absolute Gasteiger partial charge is 0.434 e. The van der Waals surface area contributed by atoms with Crippen LogP contribution in [0, 0.1) is 0 Å². The Morgan fingerprint density at radius 3 is 2.71 bits per heavy atom. The number of benzene rings is 1. The quantitative estimate of drug-likeness (QED) is 0.547. The highest BCUT2D eigenvalue weighted by Gasteiger charge is 2.37. The number of aliphatic hydroxyl groups is 1. The van der Waals surface area contributed by atoms with Gasteiger partial charge in [0.2, 0.25) is 11.7 Å². The van der Waals surface area contributed by atoms with Crippen molar-refractivity contribution in [1.82, 2.24) is 9.97 Å². The maximum absolute atomic E-state index is 14.1. The van der Waals surface area contributed by atoms with Crippen LogP contribution >= 0.6 is 15.9 Å². The van der Waals surface area contributed by atoms with E-state index in [2.05, 4.69) is 31.2 Å². The van der Waals surface area contributed by atoms with Crippen LogP contribution in [0.5, 0.6) is 0 Å². The second-order valence-electron chi connectivity index (χ2n) is 7.31. The second kappa shape index (κ2) is 8.35. The molecule has 0 aliphatic carbocycles. The average Bonchev–Trinajstić information content (AvgIpc) is 3.36. The van der Waals surface area contributed by atoms with E-state index in [-0.39, 0.29) is 12.0 Å². The number of hydrogen-bond donors (Lipinski definition) is 2. The van der Waals surface area contributed by atoms with Gasteiger partial charge in [0, 0.05) is 24.5 Å². The molecule has 0 saturated carbocycles. The van der Waals surface area contributed by atoms with Gasteiger partial charge >= 0.3 is 5.92 Å². The van der Waals surface area contributed by atoms with Gasteiger partial charge in [-0.15, -0.1) is 0 Å². The van der Waals surface area contributed by atoms with Crippen molar-refractivity contribution in [3.05, 3.63) is 58.5 Å². The number of rotatable bonds is 5. The highest BCUT2D eigenvalue weighted by atomic mass is 79.9. The Kier molecular flexibility index (Phi) is 5.76. The van der Waals surface area contributed by atoms with Gasteiger partial charge in [0.25, 0.3) is 5.91 Å². The van der Waals surface area contributed by atoms with Crippen LogP contribution in [0.2, 0.25) is 0 Å². The third kappa shape index (κ3) is 4.59. The summed E-state index contributed by atoms with van der Waals surface area (Å²) in [5.74, 6) is -4.47. The number of carbonyl (C=O) groups is 1. The average molecular weight is 493 g/mol. The van der Waals surface area contributed by atoms with Gasteiger partial charge in [-0.1, -0.05) is 12.1 Å². The summed E-state index contributed by atoms with van der Waals surface area (Å²) in [5.41, 5.74) is 0.278. The van der Waals surface area contributed by atoms with E-state index in [9.17, 15) is 18.7 Å². The van der Waals surface area contributed by atoms with Crippen LogP contribution in [0.15, 0.2) is 51.5 Å². The number of halogens is 3. The Labute approximate surface area is 185 Å². The van der Waals surface area contributed by atoms with E-state index in [0.29, 0.717) is 48.0 Å². The van der Waals surface area contributed by atoms with Gasteiger partial charge in [-0.3, -0.25) is 4.79 Å². The van der Waals surface area contributed by atoms with Gasteiger partial charge in [-0.05, 0) is 46.6 Å². The van der Waals surface area contributed by atoms with E-state index in [1.807, 2.05) is 4.90 Å². The molecule has 0 unspecified atom stereocenters. The Balaban J connectivity index is 1.58. The molecule has 0 radical (unpaired) electrons. The van der Waals surface area contributed by atoms with Gasteiger partial charge in [0.1, 0.15) is 5.82 Å². The van der Waals surface area contributed by atoms with Gasteiger partial charge in [0.15, 0.2) is 5.69 Å². The Morgan fingerprint density at radius 2 is 2.10 bits per heavy atom. The highest BCUT2D eigenvalue weighted by Crippen LogP contribution is 2.36. The summed E-state index contributed by atoms with van der Waals surface area (Å²) < 4.78 is 34.2. The van der Waals surface area contributed by atoms with Crippen LogP contribution in [-0.4, -0.2) is 40.2 Å². The molecule has 162 valence electrons. The van der Waals surface area contributed by atoms with Crippen molar-refractivity contribution in [3.63, 3.8) is 0 Å². The summed E-state index contributed by atoms with van der Waals surface area (Å²) >= 11 is 3.33. The van der Waals surface area contributed by atoms with Crippen LogP contribution in [0.25, 0.3) is 11.5 Å². The van der Waals surface area contributed by atoms with Gasteiger partial charge in [0.05, 0.1) is 23.6 Å². The molecule has 0 bridgehead atoms. The van der Waals surface area contributed by atoms with Crippen LogP contribution in [0.3, 0.4) is 0 Å². The van der Waals surface area contributed by atoms with Crippen LogP contribution in [0.4, 0.5) is 20.3 Å². The summed E-state index contributed by atoms with van der Waals surface area (Å²) in [6.07, 6.45) is 1.71. The first-order valence-electron chi connectivity index (χ1n) is 9.57. The summed E-state index contributed by atoms with van der Waals surface area (Å²) in [6.45, 7) is 1.82. The molecule has 1 aliphatic heterocycles. The smallest absolute Gasteiger partial charge is 0.304 e. The molecule has 2 N–H and O–H groups in total. The molecule has 1 saturated heterocycles. The van der Waals surface area contributed by atoms with Crippen molar-refractivity contribution in [2.45, 2.75) is 25.4 Å². The highest BCUT2D eigenvalue weighted by molar-refractivity contribution is 9.10. The van der Waals surface area contributed by atoms with E-state index in [1.54, 1.807) is 36.4 Å². The molecule has 1 fully saturated rings. The fraction of sp³-hybridized carbons (Fsp3) is 0.286. The maximum atomic E-state index is 14.1. The minimum absolute atomic E-state index is 0.0878. The molecule has 4 rings (SSSR count). The van der Waals surface area contributed by atoms with E-state index in [1.165, 1.54) is 6.20 Å². The van der Waals surface area contributed by atoms with Crippen LogP contribution < -0.4 is 10.2 Å². The normalized spacial score (nSPS) is 16.5. The van der Waals surface area contributed by atoms with Crippen molar-refractivity contribution in [2.24, 2.45) is 0 Å². The molecule has 2 aromatic heterocycles. The molecule has 10 heteroatoms. The van der Waals surface area contributed by atoms with Gasteiger partial charge < -0.3 is 19.7 Å². The lowest BCUT2D eigenvalue weighted by Gasteiger charge is -2.16. The molecule has 3 aromatic rings. The van der Waals surface area contributed by atoms with Gasteiger partial charge in [-0.25, -0.2) is 9.97 Å². The molecule has 1 atom stereocenters. The molecule has 0 spiro atoms. The first-order chi connectivity index (χ1) is 14.7. The van der Waals surface area contributed by atoms with E-state index in [0.717, 1.165) is 0 Å². The van der Waals surface area contributed by atoms with Crippen molar-refractivity contribution < 1.29 is 23.1 Å². The fourth-order valence-electron chi connectivity index (χ4n) is 3.31. The lowest BCUT2D eigenvalue weighted by Crippen LogP contribution is -2.22. The Bertz CT molecular complexity index is 1100. The number of nitrogens with one attached hydrogen (secondary N) is 1.